The second-order valence-electron chi connectivity index (χ2n) is 6.32. The Hall–Kier alpha value is -3.43. The first-order valence-electron chi connectivity index (χ1n) is 8.59. The highest BCUT2D eigenvalue weighted by atomic mass is 35.5. The summed E-state index contributed by atoms with van der Waals surface area (Å²) in [5, 5.41) is 4.60. The lowest BCUT2D eigenvalue weighted by Gasteiger charge is -2.08. The molecule has 2 N–H and O–H groups in total. The second-order valence-corrected chi connectivity index (χ2v) is 6.76. The number of H-pyrrole nitrogens is 1. The van der Waals surface area contributed by atoms with Crippen molar-refractivity contribution >= 4 is 34.1 Å². The molecule has 0 saturated carbocycles. The van der Waals surface area contributed by atoms with Crippen LogP contribution in [0.2, 0.25) is 5.02 Å². The predicted octanol–water partition coefficient (Wildman–Crippen LogP) is 5.50. The van der Waals surface area contributed by atoms with Crippen molar-refractivity contribution in [3.63, 3.8) is 0 Å². The predicted molar refractivity (Wildman–Crippen MR) is 108 cm³/mol. The Balaban J connectivity index is 1.50. The van der Waals surface area contributed by atoms with Crippen molar-refractivity contribution in [3.05, 3.63) is 93.9 Å². The molecule has 0 spiro atoms. The van der Waals surface area contributed by atoms with Crippen LogP contribution >= 0.6 is 11.6 Å². The molecular weight excluding hydrogens is 377 g/mol. The minimum Gasteiger partial charge on any atom is -0.366 e. The second kappa shape index (κ2) is 7.67. The fraction of sp³-hybridized carbons (Fsp3) is 0.0952. The molecule has 3 aromatic heterocycles. The van der Waals surface area contributed by atoms with Gasteiger partial charge in [0.25, 0.3) is 0 Å². The summed E-state index contributed by atoms with van der Waals surface area (Å²) in [6.45, 7) is 7.65. The number of rotatable bonds is 5. The van der Waals surface area contributed by atoms with Crippen molar-refractivity contribution in [2.75, 3.05) is 5.32 Å². The monoisotopic (exact) mass is 391 g/mol. The molecule has 0 radical (unpaired) electrons. The van der Waals surface area contributed by atoms with Gasteiger partial charge in [-0.2, -0.15) is 4.39 Å². The first-order chi connectivity index (χ1) is 13.6. The van der Waals surface area contributed by atoms with E-state index in [4.69, 9.17) is 18.2 Å². The lowest BCUT2D eigenvalue weighted by Crippen LogP contribution is -2.04. The Morgan fingerprint density at radius 3 is 2.71 bits per heavy atom. The summed E-state index contributed by atoms with van der Waals surface area (Å²) >= 11 is 5.88. The molecule has 0 amide bonds. The fourth-order valence-corrected chi connectivity index (χ4v) is 3.07. The van der Waals surface area contributed by atoms with Gasteiger partial charge >= 0.3 is 0 Å². The number of hydrogen-bond donors (Lipinski definition) is 2. The van der Waals surface area contributed by atoms with Crippen molar-refractivity contribution in [2.24, 2.45) is 0 Å². The molecule has 7 heteroatoms. The Morgan fingerprint density at radius 1 is 1.14 bits per heavy atom. The van der Waals surface area contributed by atoms with E-state index in [1.807, 2.05) is 24.3 Å². The van der Waals surface area contributed by atoms with Gasteiger partial charge < -0.3 is 10.3 Å². The third-order valence-corrected chi connectivity index (χ3v) is 4.68. The molecule has 0 aliphatic heterocycles. The molecule has 138 valence electrons. The summed E-state index contributed by atoms with van der Waals surface area (Å²) < 4.78 is 14.5. The van der Waals surface area contributed by atoms with Gasteiger partial charge in [-0.3, -0.25) is 4.98 Å². The lowest BCUT2D eigenvalue weighted by atomic mass is 10.1. The molecule has 0 unspecified atom stereocenters. The summed E-state index contributed by atoms with van der Waals surface area (Å²) in [7, 11) is 0. The SMILES string of the molecule is [C-]#[N+]c1cnc2[nH]cc(Cc3ccc(NCc4ccc(Cl)cc4)nc3F)c2c1. The number of hydrogen-bond acceptors (Lipinski definition) is 3. The Bertz CT molecular complexity index is 1180. The van der Waals surface area contributed by atoms with Gasteiger partial charge in [0.05, 0.1) is 6.57 Å². The number of anilines is 1. The average Bonchev–Trinajstić information content (AvgIpc) is 3.11. The van der Waals surface area contributed by atoms with E-state index in [2.05, 4.69) is 25.1 Å². The van der Waals surface area contributed by atoms with E-state index in [0.717, 1.165) is 16.5 Å². The molecule has 0 bridgehead atoms. The van der Waals surface area contributed by atoms with E-state index in [1.165, 1.54) is 6.20 Å². The Kier molecular flexibility index (Phi) is 4.92. The van der Waals surface area contributed by atoms with E-state index in [0.29, 0.717) is 40.7 Å². The zero-order chi connectivity index (χ0) is 19.5. The first-order valence-corrected chi connectivity index (χ1v) is 8.97. The first kappa shape index (κ1) is 18.0. The van der Waals surface area contributed by atoms with Crippen LogP contribution in [0.3, 0.4) is 0 Å². The van der Waals surface area contributed by atoms with Gasteiger partial charge in [0.15, 0.2) is 0 Å². The highest BCUT2D eigenvalue weighted by Crippen LogP contribution is 2.25. The Morgan fingerprint density at radius 2 is 1.96 bits per heavy atom. The number of fused-ring (bicyclic) bond motifs is 1. The van der Waals surface area contributed by atoms with Crippen molar-refractivity contribution in [1.82, 2.24) is 15.0 Å². The third-order valence-electron chi connectivity index (χ3n) is 4.43. The van der Waals surface area contributed by atoms with E-state index in [-0.39, 0.29) is 0 Å². The summed E-state index contributed by atoms with van der Waals surface area (Å²) in [6, 6.07) is 12.7. The number of nitrogens with one attached hydrogen (secondary N) is 2. The summed E-state index contributed by atoms with van der Waals surface area (Å²) in [5.41, 5.74) is 3.50. The van der Waals surface area contributed by atoms with Crippen molar-refractivity contribution in [2.45, 2.75) is 13.0 Å². The van der Waals surface area contributed by atoms with Crippen LogP contribution in [0.5, 0.6) is 0 Å². The minimum absolute atomic E-state index is 0.361. The number of pyridine rings is 2. The quantitative estimate of drug-likeness (QED) is 0.348. The normalized spacial score (nSPS) is 10.8. The fourth-order valence-electron chi connectivity index (χ4n) is 2.95. The van der Waals surface area contributed by atoms with Gasteiger partial charge in [-0.15, -0.1) is 0 Å². The molecule has 0 aliphatic rings. The third kappa shape index (κ3) is 3.80. The molecule has 3 heterocycles. The smallest absolute Gasteiger partial charge is 0.218 e. The zero-order valence-corrected chi connectivity index (χ0v) is 15.5. The van der Waals surface area contributed by atoms with Gasteiger partial charge in [-0.25, -0.2) is 9.83 Å². The highest BCUT2D eigenvalue weighted by Gasteiger charge is 2.11. The van der Waals surface area contributed by atoms with Crippen LogP contribution in [0.1, 0.15) is 16.7 Å². The number of nitrogens with zero attached hydrogens (tertiary/aromatic N) is 3. The van der Waals surface area contributed by atoms with E-state index in [1.54, 1.807) is 24.4 Å². The number of aromatic nitrogens is 3. The summed E-state index contributed by atoms with van der Waals surface area (Å²) in [5.74, 6) is -0.0585. The number of aromatic amines is 1. The molecule has 0 fully saturated rings. The van der Waals surface area contributed by atoms with Crippen molar-refractivity contribution in [1.29, 1.82) is 0 Å². The molecule has 4 rings (SSSR count). The maximum atomic E-state index is 14.5. The topological polar surface area (TPSA) is 58.0 Å². The van der Waals surface area contributed by atoms with Gasteiger partial charge in [-0.05, 0) is 35.4 Å². The molecule has 4 aromatic rings. The summed E-state index contributed by atoms with van der Waals surface area (Å²) in [6.07, 6.45) is 3.66. The highest BCUT2D eigenvalue weighted by molar-refractivity contribution is 6.30. The number of benzene rings is 1. The van der Waals surface area contributed by atoms with Crippen LogP contribution in [0.4, 0.5) is 15.9 Å². The van der Waals surface area contributed by atoms with Crippen LogP contribution in [0.15, 0.2) is 54.9 Å². The molecule has 28 heavy (non-hydrogen) atoms. The van der Waals surface area contributed by atoms with Gasteiger partial charge in [0, 0.05) is 41.3 Å². The molecule has 5 nitrogen and oxygen atoms in total. The minimum atomic E-state index is -0.523. The zero-order valence-electron chi connectivity index (χ0n) is 14.7. The average molecular weight is 392 g/mol. The maximum Gasteiger partial charge on any atom is 0.218 e. The van der Waals surface area contributed by atoms with Gasteiger partial charge in [-0.1, -0.05) is 29.8 Å². The maximum absolute atomic E-state index is 14.5. The standard InChI is InChI=1S/C21H15ClFN5/c1-24-17-9-18-15(11-26-21(18)27-12-17)8-14-4-7-19(28-20(14)23)25-10-13-2-5-16(22)6-3-13/h2-7,9,11-12H,8,10H2,(H,25,28)(H,26,27). The molecule has 0 aliphatic carbocycles. The van der Waals surface area contributed by atoms with Crippen LogP contribution in [-0.2, 0) is 13.0 Å². The number of halogens is 2. The van der Waals surface area contributed by atoms with Crippen LogP contribution in [0.25, 0.3) is 15.9 Å². The van der Waals surface area contributed by atoms with Gasteiger partial charge in [0.1, 0.15) is 11.5 Å². The van der Waals surface area contributed by atoms with Gasteiger partial charge in [0.2, 0.25) is 11.6 Å². The summed E-state index contributed by atoms with van der Waals surface area (Å²) in [4.78, 5) is 14.7. The van der Waals surface area contributed by atoms with Crippen molar-refractivity contribution in [3.8, 4) is 0 Å². The van der Waals surface area contributed by atoms with Crippen LogP contribution in [0, 0.1) is 12.5 Å². The van der Waals surface area contributed by atoms with Crippen LogP contribution < -0.4 is 5.32 Å². The molecule has 0 saturated heterocycles. The van der Waals surface area contributed by atoms with Crippen LogP contribution in [-0.4, -0.2) is 15.0 Å². The lowest BCUT2D eigenvalue weighted by molar-refractivity contribution is 0.571. The molecule has 1 aromatic carbocycles. The van der Waals surface area contributed by atoms with Crippen molar-refractivity contribution < 1.29 is 4.39 Å². The van der Waals surface area contributed by atoms with E-state index >= 15 is 0 Å². The molecule has 0 atom stereocenters. The van der Waals surface area contributed by atoms with E-state index < -0.39 is 5.95 Å². The Labute approximate surface area is 166 Å². The molecular formula is C21H15ClFN5. The largest absolute Gasteiger partial charge is 0.366 e. The van der Waals surface area contributed by atoms with E-state index in [9.17, 15) is 4.39 Å².